The smallest absolute Gasteiger partial charge is 0.211 e. The Morgan fingerprint density at radius 2 is 1.82 bits per heavy atom. The Bertz CT molecular complexity index is 300. The third-order valence-corrected chi connectivity index (χ3v) is 3.75. The third kappa shape index (κ3) is 9.52. The minimum atomic E-state index is -3.20. The van der Waals surface area contributed by atoms with Crippen LogP contribution in [0.3, 0.4) is 0 Å². The Kier molecular flexibility index (Phi) is 7.23. The van der Waals surface area contributed by atoms with Gasteiger partial charge in [-0.1, -0.05) is 13.8 Å². The van der Waals surface area contributed by atoms with Crippen LogP contribution < -0.4 is 4.72 Å². The van der Waals surface area contributed by atoms with Crippen molar-refractivity contribution in [1.82, 2.24) is 9.62 Å². The van der Waals surface area contributed by atoms with Gasteiger partial charge in [-0.25, -0.2) is 13.1 Å². The average Bonchev–Trinajstić information content (AvgIpc) is 2.14. The Balaban J connectivity index is 4.08. The number of hydrogen-bond donors (Lipinski definition) is 2. The monoisotopic (exact) mass is 266 g/mol. The molecule has 0 amide bonds. The van der Waals surface area contributed by atoms with E-state index >= 15 is 0 Å². The molecule has 0 aromatic rings. The number of nitrogens with one attached hydrogen (secondary N) is 1. The molecule has 0 bridgehead atoms. The van der Waals surface area contributed by atoms with Gasteiger partial charge < -0.3 is 10.0 Å². The fourth-order valence-electron chi connectivity index (χ4n) is 1.69. The zero-order valence-electron chi connectivity index (χ0n) is 11.4. The van der Waals surface area contributed by atoms with Crippen molar-refractivity contribution in [2.45, 2.75) is 26.7 Å². The van der Waals surface area contributed by atoms with Gasteiger partial charge >= 0.3 is 0 Å². The maximum Gasteiger partial charge on any atom is 0.211 e. The number of hydrogen-bond acceptors (Lipinski definition) is 4. The number of aliphatic hydroxyl groups excluding tert-OH is 1. The minimum absolute atomic E-state index is 0.0433. The lowest BCUT2D eigenvalue weighted by atomic mass is 9.93. The van der Waals surface area contributed by atoms with E-state index in [4.69, 9.17) is 5.11 Å². The molecule has 0 radical (unpaired) electrons. The van der Waals surface area contributed by atoms with Crippen LogP contribution in [0.4, 0.5) is 0 Å². The summed E-state index contributed by atoms with van der Waals surface area (Å²) in [4.78, 5) is 2.04. The maximum atomic E-state index is 11.6. The molecule has 104 valence electrons. The molecular formula is C11H26N2O3S. The number of unbranched alkanes of at least 4 members (excludes halogenated alkanes) is 1. The molecule has 0 spiro atoms. The fourth-order valence-corrected chi connectivity index (χ4v) is 3.03. The minimum Gasteiger partial charge on any atom is -0.396 e. The predicted octanol–water partition coefficient (Wildman–Crippen LogP) is 0.266. The van der Waals surface area contributed by atoms with E-state index in [0.29, 0.717) is 19.4 Å². The SMILES string of the molecule is CN(C)CC(C)(C)CNS(=O)(=O)CCCCO. The summed E-state index contributed by atoms with van der Waals surface area (Å²) in [6.07, 6.45) is 1.03. The normalized spacial score (nSPS) is 13.3. The van der Waals surface area contributed by atoms with Crippen molar-refractivity contribution in [1.29, 1.82) is 0 Å². The Labute approximate surface area is 105 Å². The van der Waals surface area contributed by atoms with Crippen molar-refractivity contribution in [2.24, 2.45) is 5.41 Å². The van der Waals surface area contributed by atoms with Gasteiger partial charge in [-0.3, -0.25) is 0 Å². The summed E-state index contributed by atoms with van der Waals surface area (Å²) < 4.78 is 25.9. The van der Waals surface area contributed by atoms with Gasteiger partial charge in [-0.05, 0) is 32.4 Å². The van der Waals surface area contributed by atoms with Gasteiger partial charge in [-0.2, -0.15) is 0 Å². The standard InChI is InChI=1S/C11H26N2O3S/c1-11(2,10-13(3)4)9-12-17(15,16)8-6-5-7-14/h12,14H,5-10H2,1-4H3. The van der Waals surface area contributed by atoms with Gasteiger partial charge in [0, 0.05) is 19.7 Å². The Hall–Kier alpha value is -0.170. The molecule has 0 saturated carbocycles. The molecule has 5 nitrogen and oxygen atoms in total. The molecule has 0 unspecified atom stereocenters. The predicted molar refractivity (Wildman–Crippen MR) is 70.4 cm³/mol. The molecule has 0 fully saturated rings. The molecular weight excluding hydrogens is 240 g/mol. The van der Waals surface area contributed by atoms with E-state index in [-0.39, 0.29) is 17.8 Å². The molecule has 0 atom stereocenters. The van der Waals surface area contributed by atoms with Crippen LogP contribution in [0.1, 0.15) is 26.7 Å². The van der Waals surface area contributed by atoms with Crippen LogP contribution in [0, 0.1) is 5.41 Å². The molecule has 0 aromatic carbocycles. The second-order valence-electron chi connectivity index (χ2n) is 5.47. The van der Waals surface area contributed by atoms with Crippen LogP contribution in [0.5, 0.6) is 0 Å². The van der Waals surface area contributed by atoms with Crippen LogP contribution in [-0.4, -0.2) is 58.0 Å². The van der Waals surface area contributed by atoms with Crippen molar-refractivity contribution in [3.63, 3.8) is 0 Å². The summed E-state index contributed by atoms with van der Waals surface area (Å²) in [6.45, 7) is 5.37. The van der Waals surface area contributed by atoms with Gasteiger partial charge in [0.15, 0.2) is 0 Å². The van der Waals surface area contributed by atoms with Crippen molar-refractivity contribution in [3.05, 3.63) is 0 Å². The van der Waals surface area contributed by atoms with Crippen molar-refractivity contribution < 1.29 is 13.5 Å². The van der Waals surface area contributed by atoms with E-state index < -0.39 is 10.0 Å². The molecule has 6 heteroatoms. The summed E-state index contributed by atoms with van der Waals surface area (Å²) in [7, 11) is 0.737. The van der Waals surface area contributed by atoms with Crippen LogP contribution in [0.2, 0.25) is 0 Å². The van der Waals surface area contributed by atoms with Gasteiger partial charge in [0.1, 0.15) is 0 Å². The summed E-state index contributed by atoms with van der Waals surface area (Å²) in [5.41, 5.74) is -0.0897. The number of nitrogens with zero attached hydrogens (tertiary/aromatic N) is 1. The van der Waals surface area contributed by atoms with Crippen LogP contribution in [0.15, 0.2) is 0 Å². The van der Waals surface area contributed by atoms with Gasteiger partial charge in [-0.15, -0.1) is 0 Å². The van der Waals surface area contributed by atoms with E-state index in [1.807, 2.05) is 32.8 Å². The third-order valence-electron chi connectivity index (χ3n) is 2.34. The first-order chi connectivity index (χ1) is 7.68. The van der Waals surface area contributed by atoms with Gasteiger partial charge in [0.05, 0.1) is 5.75 Å². The van der Waals surface area contributed by atoms with Crippen LogP contribution >= 0.6 is 0 Å². The number of aliphatic hydroxyl groups is 1. The highest BCUT2D eigenvalue weighted by Crippen LogP contribution is 2.14. The molecule has 0 heterocycles. The Morgan fingerprint density at radius 3 is 2.29 bits per heavy atom. The maximum absolute atomic E-state index is 11.6. The lowest BCUT2D eigenvalue weighted by Crippen LogP contribution is -2.40. The van der Waals surface area contributed by atoms with E-state index in [1.54, 1.807) is 0 Å². The largest absolute Gasteiger partial charge is 0.396 e. The molecule has 17 heavy (non-hydrogen) atoms. The zero-order chi connectivity index (χ0) is 13.5. The van der Waals surface area contributed by atoms with Crippen LogP contribution in [-0.2, 0) is 10.0 Å². The zero-order valence-corrected chi connectivity index (χ0v) is 12.2. The first kappa shape index (κ1) is 16.8. The molecule has 0 aliphatic rings. The molecule has 0 aliphatic carbocycles. The summed E-state index contributed by atoms with van der Waals surface area (Å²) >= 11 is 0. The van der Waals surface area contributed by atoms with E-state index in [2.05, 4.69) is 4.72 Å². The number of sulfonamides is 1. The highest BCUT2D eigenvalue weighted by Gasteiger charge is 2.21. The molecule has 0 rings (SSSR count). The first-order valence-corrected chi connectivity index (χ1v) is 7.57. The quantitative estimate of drug-likeness (QED) is 0.588. The van der Waals surface area contributed by atoms with E-state index in [0.717, 1.165) is 6.54 Å². The Morgan fingerprint density at radius 1 is 1.24 bits per heavy atom. The highest BCUT2D eigenvalue weighted by atomic mass is 32.2. The van der Waals surface area contributed by atoms with E-state index in [1.165, 1.54) is 0 Å². The van der Waals surface area contributed by atoms with Gasteiger partial charge in [0.25, 0.3) is 0 Å². The summed E-state index contributed by atoms with van der Waals surface area (Å²) in [5, 5.41) is 8.60. The second kappa shape index (κ2) is 7.31. The molecule has 2 N–H and O–H groups in total. The van der Waals surface area contributed by atoms with Gasteiger partial charge in [0.2, 0.25) is 10.0 Å². The van der Waals surface area contributed by atoms with Crippen molar-refractivity contribution in [3.8, 4) is 0 Å². The lowest BCUT2D eigenvalue weighted by molar-refractivity contribution is 0.242. The van der Waals surface area contributed by atoms with E-state index in [9.17, 15) is 8.42 Å². The number of rotatable bonds is 9. The first-order valence-electron chi connectivity index (χ1n) is 5.91. The fraction of sp³-hybridized carbons (Fsp3) is 1.00. The topological polar surface area (TPSA) is 69.6 Å². The lowest BCUT2D eigenvalue weighted by Gasteiger charge is -2.28. The average molecular weight is 266 g/mol. The van der Waals surface area contributed by atoms with Crippen LogP contribution in [0.25, 0.3) is 0 Å². The summed E-state index contributed by atoms with van der Waals surface area (Å²) in [5.74, 6) is 0.0889. The molecule has 0 aliphatic heterocycles. The second-order valence-corrected chi connectivity index (χ2v) is 7.40. The molecule has 0 aromatic heterocycles. The summed E-state index contributed by atoms with van der Waals surface area (Å²) in [6, 6.07) is 0. The highest BCUT2D eigenvalue weighted by molar-refractivity contribution is 7.89. The van der Waals surface area contributed by atoms with Crippen molar-refractivity contribution in [2.75, 3.05) is 39.5 Å². The molecule has 0 saturated heterocycles. The van der Waals surface area contributed by atoms with Crippen molar-refractivity contribution >= 4 is 10.0 Å².